The smallest absolute Gasteiger partial charge is 0.116 e. The molecule has 3 nitrogen and oxygen atoms in total. The minimum Gasteiger partial charge on any atom is -0.341 e. The first-order valence-corrected chi connectivity index (χ1v) is 8.03. The molecule has 0 spiro atoms. The first kappa shape index (κ1) is 12.2. The van der Waals surface area contributed by atoms with Gasteiger partial charge in [0.15, 0.2) is 0 Å². The molecular formula is C19H17N3. The van der Waals surface area contributed by atoms with Crippen LogP contribution in [0.1, 0.15) is 31.4 Å². The van der Waals surface area contributed by atoms with E-state index in [0.717, 1.165) is 12.1 Å². The minimum atomic E-state index is 0.641. The monoisotopic (exact) mass is 287 g/mol. The number of aromatic nitrogens is 3. The van der Waals surface area contributed by atoms with Crippen LogP contribution in [0, 0.1) is 0 Å². The molecule has 0 unspecified atom stereocenters. The van der Waals surface area contributed by atoms with Gasteiger partial charge in [-0.05, 0) is 38.0 Å². The third-order valence-electron chi connectivity index (χ3n) is 4.85. The Balaban J connectivity index is 2.02. The Bertz CT molecular complexity index is 1030. The van der Waals surface area contributed by atoms with Crippen LogP contribution in [0.2, 0.25) is 0 Å². The molecule has 0 N–H and O–H groups in total. The van der Waals surface area contributed by atoms with Crippen molar-refractivity contribution in [1.29, 1.82) is 0 Å². The van der Waals surface area contributed by atoms with Crippen LogP contribution in [0.4, 0.5) is 0 Å². The van der Waals surface area contributed by atoms with Crippen molar-refractivity contribution >= 4 is 32.7 Å². The van der Waals surface area contributed by atoms with Gasteiger partial charge >= 0.3 is 0 Å². The average molecular weight is 287 g/mol. The van der Waals surface area contributed by atoms with Crippen LogP contribution in [0.3, 0.4) is 0 Å². The van der Waals surface area contributed by atoms with Crippen LogP contribution >= 0.6 is 0 Å². The lowest BCUT2D eigenvalue weighted by Crippen LogP contribution is -1.94. The first-order valence-electron chi connectivity index (χ1n) is 8.03. The van der Waals surface area contributed by atoms with Gasteiger partial charge in [-0.15, -0.1) is 0 Å². The van der Waals surface area contributed by atoms with Crippen molar-refractivity contribution in [2.75, 3.05) is 0 Å². The summed E-state index contributed by atoms with van der Waals surface area (Å²) >= 11 is 0. The van der Waals surface area contributed by atoms with Gasteiger partial charge in [-0.2, -0.15) is 0 Å². The van der Waals surface area contributed by atoms with Gasteiger partial charge in [-0.1, -0.05) is 18.2 Å². The zero-order valence-electron chi connectivity index (χ0n) is 12.6. The number of nitrogens with zero attached hydrogens (tertiary/aromatic N) is 3. The minimum absolute atomic E-state index is 0.641. The fraction of sp³-hybridized carbons (Fsp3) is 0.263. The maximum Gasteiger partial charge on any atom is 0.116 e. The highest BCUT2D eigenvalue weighted by atomic mass is 15.0. The van der Waals surface area contributed by atoms with Crippen LogP contribution in [-0.4, -0.2) is 14.5 Å². The molecule has 22 heavy (non-hydrogen) atoms. The van der Waals surface area contributed by atoms with E-state index >= 15 is 0 Å². The summed E-state index contributed by atoms with van der Waals surface area (Å²) in [6, 6.07) is 13.1. The summed E-state index contributed by atoms with van der Waals surface area (Å²) in [5, 5.41) is 3.81. The van der Waals surface area contributed by atoms with E-state index in [1.807, 2.05) is 0 Å². The molecule has 1 fully saturated rings. The molecule has 2 aromatic carbocycles. The number of fused-ring (bicyclic) bond motifs is 5. The molecule has 0 atom stereocenters. The molecule has 2 heterocycles. The van der Waals surface area contributed by atoms with Crippen LogP contribution in [0.25, 0.3) is 32.7 Å². The lowest BCUT2D eigenvalue weighted by Gasteiger charge is -2.06. The predicted octanol–water partition coefficient (Wildman–Crippen LogP) is 4.64. The van der Waals surface area contributed by atoms with Gasteiger partial charge in [0.05, 0.1) is 16.7 Å². The van der Waals surface area contributed by atoms with E-state index in [-0.39, 0.29) is 0 Å². The largest absolute Gasteiger partial charge is 0.341 e. The van der Waals surface area contributed by atoms with Gasteiger partial charge in [0, 0.05) is 34.1 Å². The molecule has 1 aliphatic carbocycles. The van der Waals surface area contributed by atoms with E-state index in [1.54, 1.807) is 6.33 Å². The third-order valence-corrected chi connectivity index (χ3v) is 4.85. The molecule has 0 radical (unpaired) electrons. The Morgan fingerprint density at radius 1 is 1.00 bits per heavy atom. The number of hydrogen-bond donors (Lipinski definition) is 0. The fourth-order valence-corrected chi connectivity index (χ4v) is 3.70. The van der Waals surface area contributed by atoms with E-state index in [2.05, 4.69) is 57.9 Å². The molecule has 2 aromatic heterocycles. The standard InChI is InChI=1S/C19H17N3/c1-2-22-15-6-4-3-5-13(15)17-16(22)10-9-14-18(12-7-8-12)20-11-21-19(14)17/h3-6,9-12H,2,7-8H2,1H3. The molecule has 108 valence electrons. The number of rotatable bonds is 2. The summed E-state index contributed by atoms with van der Waals surface area (Å²) in [6.07, 6.45) is 4.27. The normalized spacial score (nSPS) is 15.1. The molecule has 1 aliphatic rings. The van der Waals surface area contributed by atoms with Gasteiger partial charge < -0.3 is 4.57 Å². The van der Waals surface area contributed by atoms with Gasteiger partial charge in [0.2, 0.25) is 0 Å². The van der Waals surface area contributed by atoms with Crippen molar-refractivity contribution < 1.29 is 0 Å². The maximum absolute atomic E-state index is 4.65. The van der Waals surface area contributed by atoms with Crippen molar-refractivity contribution in [3.63, 3.8) is 0 Å². The second kappa shape index (κ2) is 4.29. The fourth-order valence-electron chi connectivity index (χ4n) is 3.70. The second-order valence-corrected chi connectivity index (χ2v) is 6.15. The van der Waals surface area contributed by atoms with Gasteiger partial charge in [0.1, 0.15) is 6.33 Å². The van der Waals surface area contributed by atoms with E-state index < -0.39 is 0 Å². The Kier molecular flexibility index (Phi) is 2.37. The Hall–Kier alpha value is -2.42. The quantitative estimate of drug-likeness (QED) is 0.538. The lowest BCUT2D eigenvalue weighted by molar-refractivity contribution is 0.827. The number of hydrogen-bond acceptors (Lipinski definition) is 2. The van der Waals surface area contributed by atoms with Gasteiger partial charge in [-0.3, -0.25) is 0 Å². The molecule has 4 aromatic rings. The number of benzene rings is 2. The zero-order valence-corrected chi connectivity index (χ0v) is 12.6. The number of para-hydroxylation sites is 1. The first-order chi connectivity index (χ1) is 10.9. The summed E-state index contributed by atoms with van der Waals surface area (Å²) in [5.41, 5.74) is 4.91. The summed E-state index contributed by atoms with van der Waals surface area (Å²) < 4.78 is 2.38. The highest BCUT2D eigenvalue weighted by Gasteiger charge is 2.27. The maximum atomic E-state index is 4.65. The predicted molar refractivity (Wildman–Crippen MR) is 90.2 cm³/mol. The second-order valence-electron chi connectivity index (χ2n) is 6.15. The van der Waals surface area contributed by atoms with Crippen molar-refractivity contribution in [3.8, 4) is 0 Å². The van der Waals surface area contributed by atoms with Crippen LogP contribution in [0.5, 0.6) is 0 Å². The highest BCUT2D eigenvalue weighted by molar-refractivity contribution is 6.19. The SMILES string of the molecule is CCn1c2ccccc2c2c3ncnc(C4CC4)c3ccc21. The molecule has 5 rings (SSSR count). The average Bonchev–Trinajstić information content (AvgIpc) is 3.35. The molecule has 3 heteroatoms. The van der Waals surface area contributed by atoms with Crippen LogP contribution < -0.4 is 0 Å². The van der Waals surface area contributed by atoms with E-state index in [0.29, 0.717) is 5.92 Å². The van der Waals surface area contributed by atoms with Crippen LogP contribution in [0.15, 0.2) is 42.7 Å². The lowest BCUT2D eigenvalue weighted by atomic mass is 10.1. The van der Waals surface area contributed by atoms with E-state index in [9.17, 15) is 0 Å². The van der Waals surface area contributed by atoms with Gasteiger partial charge in [-0.25, -0.2) is 9.97 Å². The van der Waals surface area contributed by atoms with E-state index in [4.69, 9.17) is 0 Å². The Morgan fingerprint density at radius 2 is 1.86 bits per heavy atom. The summed E-state index contributed by atoms with van der Waals surface area (Å²) in [5.74, 6) is 0.641. The summed E-state index contributed by atoms with van der Waals surface area (Å²) in [4.78, 5) is 9.22. The number of aryl methyl sites for hydroxylation is 1. The Labute approximate surface area is 128 Å². The molecule has 0 amide bonds. The summed E-state index contributed by atoms with van der Waals surface area (Å²) in [6.45, 7) is 3.17. The van der Waals surface area contributed by atoms with Crippen molar-refractivity contribution in [1.82, 2.24) is 14.5 Å². The van der Waals surface area contributed by atoms with Gasteiger partial charge in [0.25, 0.3) is 0 Å². The molecule has 1 saturated carbocycles. The van der Waals surface area contributed by atoms with E-state index in [1.165, 1.54) is 45.7 Å². The molecule has 0 aliphatic heterocycles. The third kappa shape index (κ3) is 1.51. The zero-order chi connectivity index (χ0) is 14.7. The van der Waals surface area contributed by atoms with Crippen molar-refractivity contribution in [2.45, 2.75) is 32.2 Å². The topological polar surface area (TPSA) is 30.7 Å². The highest BCUT2D eigenvalue weighted by Crippen LogP contribution is 2.43. The molecule has 0 saturated heterocycles. The van der Waals surface area contributed by atoms with Crippen molar-refractivity contribution in [3.05, 3.63) is 48.4 Å². The van der Waals surface area contributed by atoms with Crippen LogP contribution in [-0.2, 0) is 6.54 Å². The van der Waals surface area contributed by atoms with Crippen molar-refractivity contribution in [2.24, 2.45) is 0 Å². The Morgan fingerprint density at radius 3 is 2.68 bits per heavy atom. The molecule has 0 bridgehead atoms. The molecular weight excluding hydrogens is 270 g/mol. The summed E-state index contributed by atoms with van der Waals surface area (Å²) in [7, 11) is 0.